The van der Waals surface area contributed by atoms with Crippen molar-refractivity contribution in [2.24, 2.45) is 0 Å². The molecule has 0 aromatic heterocycles. The fourth-order valence-corrected chi connectivity index (χ4v) is 3.01. The minimum Gasteiger partial charge on any atom is -0.460 e. The molecule has 0 atom stereocenters. The summed E-state index contributed by atoms with van der Waals surface area (Å²) in [5.41, 5.74) is 0.494. The molecule has 0 unspecified atom stereocenters. The molecule has 0 bridgehead atoms. The number of hydrogen-bond acceptors (Lipinski definition) is 7. The highest BCUT2D eigenvalue weighted by Gasteiger charge is 2.15. The number of amides is 1. The molecule has 8 heteroatoms. The molecule has 1 aromatic rings. The van der Waals surface area contributed by atoms with Crippen molar-refractivity contribution < 1.29 is 24.2 Å². The highest BCUT2D eigenvalue weighted by Crippen LogP contribution is 2.07. The van der Waals surface area contributed by atoms with E-state index in [1.54, 1.807) is 0 Å². The van der Waals surface area contributed by atoms with E-state index in [1.807, 2.05) is 51.1 Å². The molecule has 0 aliphatic carbocycles. The fraction of sp³-hybridized carbons (Fsp3) is 0.667. The second-order valence-corrected chi connectivity index (χ2v) is 8.73. The summed E-state index contributed by atoms with van der Waals surface area (Å²) in [6.45, 7) is 9.62. The minimum atomic E-state index is -0.475. The van der Waals surface area contributed by atoms with Gasteiger partial charge in [-0.05, 0) is 45.7 Å². The van der Waals surface area contributed by atoms with E-state index in [1.165, 1.54) is 0 Å². The number of aliphatic hydroxyl groups excluding tert-OH is 1. The Kier molecular flexibility index (Phi) is 14.3. The van der Waals surface area contributed by atoms with Crippen LogP contribution in [0.4, 0.5) is 4.79 Å². The zero-order valence-corrected chi connectivity index (χ0v) is 19.9. The van der Waals surface area contributed by atoms with Gasteiger partial charge in [0.15, 0.2) is 0 Å². The van der Waals surface area contributed by atoms with Crippen LogP contribution in [0.25, 0.3) is 0 Å². The van der Waals surface area contributed by atoms with E-state index in [0.29, 0.717) is 19.6 Å². The number of alkyl carbamates (subject to hydrolysis) is 1. The molecule has 8 nitrogen and oxygen atoms in total. The van der Waals surface area contributed by atoms with Crippen LogP contribution < -0.4 is 10.6 Å². The molecule has 0 saturated heterocycles. The Bertz CT molecular complexity index is 634. The van der Waals surface area contributed by atoms with E-state index in [-0.39, 0.29) is 31.8 Å². The lowest BCUT2D eigenvalue weighted by atomic mass is 10.2. The molecule has 3 N–H and O–H groups in total. The Labute approximate surface area is 192 Å². The third kappa shape index (κ3) is 15.6. The lowest BCUT2D eigenvalue weighted by molar-refractivity contribution is -0.143. The van der Waals surface area contributed by atoms with Crippen LogP contribution in [0, 0.1) is 0 Å². The van der Waals surface area contributed by atoms with Gasteiger partial charge in [0.2, 0.25) is 0 Å². The van der Waals surface area contributed by atoms with Crippen LogP contribution in [0.5, 0.6) is 0 Å². The molecule has 0 radical (unpaired) electrons. The number of benzene rings is 1. The number of carbonyl (C=O) groups is 2. The predicted octanol–water partition coefficient (Wildman–Crippen LogP) is 2.70. The minimum absolute atomic E-state index is 0.110. The topological polar surface area (TPSA) is 100 Å². The van der Waals surface area contributed by atoms with Gasteiger partial charge in [0.05, 0.1) is 13.2 Å². The Morgan fingerprint density at radius 3 is 2.38 bits per heavy atom. The van der Waals surface area contributed by atoms with Crippen molar-refractivity contribution in [1.82, 2.24) is 15.5 Å². The number of nitrogens with zero attached hydrogens (tertiary/aromatic N) is 1. The summed E-state index contributed by atoms with van der Waals surface area (Å²) in [5.74, 6) is -0.275. The van der Waals surface area contributed by atoms with Crippen LogP contribution in [0.3, 0.4) is 0 Å². The van der Waals surface area contributed by atoms with Crippen LogP contribution in [-0.2, 0) is 20.9 Å². The fourth-order valence-electron chi connectivity index (χ4n) is 3.01. The lowest BCUT2D eigenvalue weighted by Crippen LogP contribution is -2.36. The maximum atomic E-state index is 11.8. The van der Waals surface area contributed by atoms with Gasteiger partial charge in [-0.25, -0.2) is 4.79 Å². The average molecular weight is 452 g/mol. The first-order valence-corrected chi connectivity index (χ1v) is 11.5. The standard InChI is InChI=1S/C24H41N3O5/c1-24(2,3)32-23(30)26-13-9-4-5-10-15-27(17-18-28)16-14-25-19-22(29)31-20-21-11-7-6-8-12-21/h6-8,11-12,25,28H,4-5,9-10,13-20H2,1-3H3,(H,26,30). The van der Waals surface area contributed by atoms with Gasteiger partial charge in [0.1, 0.15) is 12.2 Å². The monoisotopic (exact) mass is 451 g/mol. The average Bonchev–Trinajstić information content (AvgIpc) is 2.74. The van der Waals surface area contributed by atoms with Crippen molar-refractivity contribution >= 4 is 12.1 Å². The van der Waals surface area contributed by atoms with Gasteiger partial charge in [-0.15, -0.1) is 0 Å². The Balaban J connectivity index is 2.05. The van der Waals surface area contributed by atoms with Crippen LogP contribution in [0.1, 0.15) is 52.0 Å². The van der Waals surface area contributed by atoms with Crippen LogP contribution >= 0.6 is 0 Å². The Morgan fingerprint density at radius 1 is 0.969 bits per heavy atom. The first kappa shape index (κ1) is 27.9. The SMILES string of the molecule is CC(C)(C)OC(=O)NCCCCCCN(CCO)CCNCC(=O)OCc1ccccc1. The zero-order chi connectivity index (χ0) is 23.7. The number of carbonyl (C=O) groups excluding carboxylic acids is 2. The second kappa shape index (κ2) is 16.5. The summed E-state index contributed by atoms with van der Waals surface area (Å²) in [4.78, 5) is 25.6. The molecule has 0 spiro atoms. The van der Waals surface area contributed by atoms with Crippen molar-refractivity contribution in [1.29, 1.82) is 0 Å². The first-order valence-electron chi connectivity index (χ1n) is 11.5. The molecule has 0 heterocycles. The van der Waals surface area contributed by atoms with Crippen molar-refractivity contribution in [2.75, 3.05) is 45.9 Å². The summed E-state index contributed by atoms with van der Waals surface area (Å²) in [6, 6.07) is 9.60. The van der Waals surface area contributed by atoms with Gasteiger partial charge in [-0.2, -0.15) is 0 Å². The molecular weight excluding hydrogens is 410 g/mol. The second-order valence-electron chi connectivity index (χ2n) is 8.73. The number of esters is 1. The van der Waals surface area contributed by atoms with E-state index >= 15 is 0 Å². The van der Waals surface area contributed by atoms with Gasteiger partial charge in [0.25, 0.3) is 0 Å². The molecule has 1 amide bonds. The Hall–Kier alpha value is -2.16. The van der Waals surface area contributed by atoms with Gasteiger partial charge in [-0.1, -0.05) is 43.2 Å². The summed E-state index contributed by atoms with van der Waals surface area (Å²) >= 11 is 0. The van der Waals surface area contributed by atoms with Gasteiger partial charge in [0, 0.05) is 26.2 Å². The summed E-state index contributed by atoms with van der Waals surface area (Å²) < 4.78 is 10.4. The maximum Gasteiger partial charge on any atom is 0.407 e. The number of nitrogens with one attached hydrogen (secondary N) is 2. The van der Waals surface area contributed by atoms with Gasteiger partial charge < -0.3 is 25.2 Å². The molecule has 0 fully saturated rings. The number of ether oxygens (including phenoxy) is 2. The van der Waals surface area contributed by atoms with Gasteiger partial charge in [-0.3, -0.25) is 9.69 Å². The van der Waals surface area contributed by atoms with Crippen molar-refractivity contribution in [3.05, 3.63) is 35.9 Å². The smallest absolute Gasteiger partial charge is 0.407 e. The van der Waals surface area contributed by atoms with E-state index in [0.717, 1.165) is 44.3 Å². The number of hydrogen-bond donors (Lipinski definition) is 3. The first-order chi connectivity index (χ1) is 15.3. The van der Waals surface area contributed by atoms with Crippen LogP contribution in [0.15, 0.2) is 30.3 Å². The quantitative estimate of drug-likeness (QED) is 0.262. The molecular formula is C24H41N3O5. The molecule has 0 saturated carbocycles. The third-order valence-corrected chi connectivity index (χ3v) is 4.60. The van der Waals surface area contributed by atoms with E-state index in [4.69, 9.17) is 9.47 Å². The van der Waals surface area contributed by atoms with Crippen molar-refractivity contribution in [3.63, 3.8) is 0 Å². The van der Waals surface area contributed by atoms with E-state index < -0.39 is 5.60 Å². The van der Waals surface area contributed by atoms with Crippen molar-refractivity contribution in [2.45, 2.75) is 58.7 Å². The normalized spacial score (nSPS) is 11.4. The van der Waals surface area contributed by atoms with E-state index in [2.05, 4.69) is 15.5 Å². The van der Waals surface area contributed by atoms with Crippen LogP contribution in [0.2, 0.25) is 0 Å². The third-order valence-electron chi connectivity index (χ3n) is 4.60. The number of unbranched alkanes of at least 4 members (excludes halogenated alkanes) is 3. The maximum absolute atomic E-state index is 11.8. The highest BCUT2D eigenvalue weighted by molar-refractivity contribution is 5.71. The van der Waals surface area contributed by atoms with Crippen molar-refractivity contribution in [3.8, 4) is 0 Å². The molecule has 0 aliphatic rings. The molecule has 182 valence electrons. The largest absolute Gasteiger partial charge is 0.460 e. The molecule has 1 aromatic carbocycles. The molecule has 0 aliphatic heterocycles. The molecule has 32 heavy (non-hydrogen) atoms. The van der Waals surface area contributed by atoms with Gasteiger partial charge >= 0.3 is 12.1 Å². The highest BCUT2D eigenvalue weighted by atomic mass is 16.6. The summed E-state index contributed by atoms with van der Waals surface area (Å²) in [6.07, 6.45) is 3.63. The van der Waals surface area contributed by atoms with Crippen LogP contribution in [-0.4, -0.2) is 73.5 Å². The summed E-state index contributed by atoms with van der Waals surface area (Å²) in [7, 11) is 0. The molecule has 1 rings (SSSR count). The number of rotatable bonds is 16. The Morgan fingerprint density at radius 2 is 1.69 bits per heavy atom. The lowest BCUT2D eigenvalue weighted by Gasteiger charge is -2.21. The zero-order valence-electron chi connectivity index (χ0n) is 19.9. The number of aliphatic hydroxyl groups is 1. The predicted molar refractivity (Wildman–Crippen MR) is 125 cm³/mol. The van der Waals surface area contributed by atoms with E-state index in [9.17, 15) is 14.7 Å². The summed E-state index contributed by atoms with van der Waals surface area (Å²) in [5, 5.41) is 15.2.